The molecule has 5 heteroatoms. The van der Waals surface area contributed by atoms with E-state index in [2.05, 4.69) is 11.6 Å². The molecule has 0 saturated carbocycles. The molecule has 3 rings (SSSR count). The van der Waals surface area contributed by atoms with Crippen LogP contribution in [0.25, 0.3) is 10.2 Å². The van der Waals surface area contributed by atoms with Crippen molar-refractivity contribution in [3.05, 3.63) is 22.6 Å². The highest BCUT2D eigenvalue weighted by Gasteiger charge is 2.19. The minimum atomic E-state index is 0.633. The summed E-state index contributed by atoms with van der Waals surface area (Å²) >= 11 is 3.40. The molecule has 2 heterocycles. The Labute approximate surface area is 121 Å². The van der Waals surface area contributed by atoms with Gasteiger partial charge in [0.15, 0.2) is 5.16 Å². The van der Waals surface area contributed by atoms with Crippen molar-refractivity contribution in [2.45, 2.75) is 37.8 Å². The molecule has 19 heavy (non-hydrogen) atoms. The fourth-order valence-corrected chi connectivity index (χ4v) is 4.29. The van der Waals surface area contributed by atoms with Crippen molar-refractivity contribution in [2.24, 2.45) is 0 Å². The average Bonchev–Trinajstić information content (AvgIpc) is 2.76. The van der Waals surface area contributed by atoms with Gasteiger partial charge < -0.3 is 5.73 Å². The van der Waals surface area contributed by atoms with Crippen molar-refractivity contribution in [1.82, 2.24) is 9.97 Å². The number of anilines is 1. The molecule has 0 bridgehead atoms. The first-order valence-corrected chi connectivity index (χ1v) is 8.30. The van der Waals surface area contributed by atoms with E-state index in [1.807, 2.05) is 6.92 Å². The van der Waals surface area contributed by atoms with Crippen LogP contribution in [0.5, 0.6) is 0 Å². The van der Waals surface area contributed by atoms with Crippen molar-refractivity contribution in [3.8, 4) is 0 Å². The van der Waals surface area contributed by atoms with Crippen LogP contribution in [0.15, 0.2) is 17.3 Å². The van der Waals surface area contributed by atoms with E-state index in [1.165, 1.54) is 29.7 Å². The number of aryl methyl sites for hydroxylation is 2. The van der Waals surface area contributed by atoms with Crippen molar-refractivity contribution >= 4 is 39.1 Å². The summed E-state index contributed by atoms with van der Waals surface area (Å²) < 4.78 is 1.08. The molecule has 0 atom stereocenters. The molecule has 100 valence electrons. The van der Waals surface area contributed by atoms with Crippen LogP contribution >= 0.6 is 23.1 Å². The molecule has 0 radical (unpaired) electrons. The molecule has 2 aromatic heterocycles. The van der Waals surface area contributed by atoms with E-state index in [-0.39, 0.29) is 0 Å². The van der Waals surface area contributed by atoms with Crippen molar-refractivity contribution in [1.29, 1.82) is 0 Å². The van der Waals surface area contributed by atoms with Gasteiger partial charge in [-0.1, -0.05) is 23.9 Å². The Morgan fingerprint density at radius 1 is 1.37 bits per heavy atom. The number of nitrogen functional groups attached to an aromatic ring is 1. The molecule has 0 fully saturated rings. The molecule has 3 nitrogen and oxygen atoms in total. The Hall–Kier alpha value is -1.07. The lowest BCUT2D eigenvalue weighted by atomic mass is 9.98. The van der Waals surface area contributed by atoms with Gasteiger partial charge in [-0.2, -0.15) is 0 Å². The van der Waals surface area contributed by atoms with E-state index in [4.69, 9.17) is 10.7 Å². The highest BCUT2D eigenvalue weighted by Crippen LogP contribution is 2.38. The molecule has 0 unspecified atom stereocenters. The molecule has 0 amide bonds. The fourth-order valence-electron chi connectivity index (χ4n) is 2.37. The van der Waals surface area contributed by atoms with E-state index >= 15 is 0 Å². The largest absolute Gasteiger partial charge is 0.382 e. The maximum absolute atomic E-state index is 6.10. The number of nitrogens with zero attached hydrogens (tertiary/aromatic N) is 2. The predicted octanol–water partition coefficient (Wildman–Crippen LogP) is 3.82. The van der Waals surface area contributed by atoms with E-state index < -0.39 is 0 Å². The Morgan fingerprint density at radius 3 is 2.95 bits per heavy atom. The normalized spacial score (nSPS) is 14.6. The van der Waals surface area contributed by atoms with Crippen LogP contribution in [0.1, 0.15) is 30.2 Å². The lowest BCUT2D eigenvalue weighted by molar-refractivity contribution is 0.699. The number of rotatable bonds is 3. The first-order valence-electron chi connectivity index (χ1n) is 6.50. The van der Waals surface area contributed by atoms with Gasteiger partial charge in [0.1, 0.15) is 5.82 Å². The standard InChI is InChI=1S/C14H17N3S2/c1-8(2)7-18-14-16-11-9-5-3-4-6-10(9)19-12(11)13(15)17-14/h1,3-7H2,2H3,(H2,15,16,17). The minimum Gasteiger partial charge on any atom is -0.382 e. The monoisotopic (exact) mass is 291 g/mol. The van der Waals surface area contributed by atoms with Crippen LogP contribution in [0, 0.1) is 0 Å². The topological polar surface area (TPSA) is 51.8 Å². The van der Waals surface area contributed by atoms with Crippen LogP contribution in [-0.4, -0.2) is 15.7 Å². The van der Waals surface area contributed by atoms with Gasteiger partial charge in [0.2, 0.25) is 0 Å². The van der Waals surface area contributed by atoms with Gasteiger partial charge in [-0.25, -0.2) is 9.97 Å². The molecular weight excluding hydrogens is 274 g/mol. The minimum absolute atomic E-state index is 0.633. The molecule has 1 aliphatic rings. The smallest absolute Gasteiger partial charge is 0.190 e. The molecule has 2 aromatic rings. The van der Waals surface area contributed by atoms with E-state index in [1.54, 1.807) is 23.1 Å². The zero-order valence-corrected chi connectivity index (χ0v) is 12.7. The Balaban J connectivity index is 2.05. The Morgan fingerprint density at radius 2 is 2.16 bits per heavy atom. The molecular formula is C14H17N3S2. The highest BCUT2D eigenvalue weighted by atomic mass is 32.2. The van der Waals surface area contributed by atoms with E-state index in [0.29, 0.717) is 5.82 Å². The van der Waals surface area contributed by atoms with Crippen molar-refractivity contribution in [3.63, 3.8) is 0 Å². The second-order valence-corrected chi connectivity index (χ2v) is 7.07. The summed E-state index contributed by atoms with van der Waals surface area (Å²) in [6, 6.07) is 0. The number of thioether (sulfide) groups is 1. The Kier molecular flexibility index (Phi) is 3.50. The third-order valence-corrected chi connectivity index (χ3v) is 5.63. The number of hydrogen-bond acceptors (Lipinski definition) is 5. The van der Waals surface area contributed by atoms with Gasteiger partial charge in [0.05, 0.1) is 10.2 Å². The number of hydrogen-bond donors (Lipinski definition) is 1. The van der Waals surface area contributed by atoms with Gasteiger partial charge in [-0.15, -0.1) is 11.3 Å². The zero-order chi connectivity index (χ0) is 13.4. The molecule has 0 aromatic carbocycles. The van der Waals surface area contributed by atoms with Crippen LogP contribution < -0.4 is 5.73 Å². The second-order valence-electron chi connectivity index (χ2n) is 5.03. The third kappa shape index (κ3) is 2.49. The highest BCUT2D eigenvalue weighted by molar-refractivity contribution is 7.99. The van der Waals surface area contributed by atoms with Gasteiger partial charge in [0.25, 0.3) is 0 Å². The second kappa shape index (κ2) is 5.13. The maximum Gasteiger partial charge on any atom is 0.190 e. The first-order chi connectivity index (χ1) is 9.15. The maximum atomic E-state index is 6.10. The molecule has 0 aliphatic heterocycles. The summed E-state index contributed by atoms with van der Waals surface area (Å²) in [6.45, 7) is 5.92. The van der Waals surface area contributed by atoms with E-state index in [9.17, 15) is 0 Å². The summed E-state index contributed by atoms with van der Waals surface area (Å²) in [5, 5.41) is 0.777. The molecule has 0 saturated heterocycles. The van der Waals surface area contributed by atoms with Crippen LogP contribution in [0.3, 0.4) is 0 Å². The summed E-state index contributed by atoms with van der Waals surface area (Å²) in [7, 11) is 0. The average molecular weight is 291 g/mol. The molecule has 0 spiro atoms. The zero-order valence-electron chi connectivity index (χ0n) is 11.0. The predicted molar refractivity (Wildman–Crippen MR) is 84.0 cm³/mol. The SMILES string of the molecule is C=C(C)CSc1nc(N)c2sc3c(c2n1)CCCC3. The van der Waals surface area contributed by atoms with Gasteiger partial charge >= 0.3 is 0 Å². The summed E-state index contributed by atoms with van der Waals surface area (Å²) in [5.74, 6) is 1.48. The summed E-state index contributed by atoms with van der Waals surface area (Å²) in [4.78, 5) is 10.6. The molecule has 2 N–H and O–H groups in total. The molecule has 1 aliphatic carbocycles. The fraction of sp³-hybridized carbons (Fsp3) is 0.429. The van der Waals surface area contributed by atoms with Gasteiger partial charge in [-0.3, -0.25) is 0 Å². The quantitative estimate of drug-likeness (QED) is 0.530. The lowest BCUT2D eigenvalue weighted by Gasteiger charge is -2.09. The number of thiophene rings is 1. The third-order valence-electron chi connectivity index (χ3n) is 3.25. The first kappa shape index (κ1) is 12.9. The number of fused-ring (bicyclic) bond motifs is 3. The van der Waals surface area contributed by atoms with Gasteiger partial charge in [-0.05, 0) is 38.2 Å². The number of aromatic nitrogens is 2. The van der Waals surface area contributed by atoms with Crippen LogP contribution in [0.2, 0.25) is 0 Å². The van der Waals surface area contributed by atoms with E-state index in [0.717, 1.165) is 33.1 Å². The van der Waals surface area contributed by atoms with Crippen molar-refractivity contribution in [2.75, 3.05) is 11.5 Å². The lowest BCUT2D eigenvalue weighted by Crippen LogP contribution is -2.00. The van der Waals surface area contributed by atoms with Crippen LogP contribution in [0.4, 0.5) is 5.82 Å². The summed E-state index contributed by atoms with van der Waals surface area (Å²) in [5.41, 5.74) is 9.73. The Bertz CT molecular complexity index is 646. The number of nitrogens with two attached hydrogens (primary N) is 1. The summed E-state index contributed by atoms with van der Waals surface area (Å²) in [6.07, 6.45) is 4.85. The van der Waals surface area contributed by atoms with Gasteiger partial charge in [0, 0.05) is 10.6 Å². The van der Waals surface area contributed by atoms with Crippen LogP contribution in [-0.2, 0) is 12.8 Å². The van der Waals surface area contributed by atoms with Crippen molar-refractivity contribution < 1.29 is 0 Å².